The molecule has 2 rings (SSSR count). The first-order chi connectivity index (χ1) is 8.00. The molecule has 2 N–H and O–H groups in total. The van der Waals surface area contributed by atoms with Crippen LogP contribution in [0.3, 0.4) is 0 Å². The minimum Gasteiger partial charge on any atom is -0.320 e. The predicted octanol–water partition coefficient (Wildman–Crippen LogP) is 4.66. The predicted molar refractivity (Wildman–Crippen MR) is 74.2 cm³/mol. The van der Waals surface area contributed by atoms with E-state index < -0.39 is 11.9 Å². The molecule has 0 spiro atoms. The van der Waals surface area contributed by atoms with Gasteiger partial charge in [-0.1, -0.05) is 23.7 Å². The Hall–Kier alpha value is -0.420. The molecule has 0 aliphatic heterocycles. The van der Waals surface area contributed by atoms with E-state index in [2.05, 4.69) is 15.9 Å². The van der Waals surface area contributed by atoms with Crippen LogP contribution in [0.4, 0.5) is 4.39 Å². The Balaban J connectivity index is 2.47. The summed E-state index contributed by atoms with van der Waals surface area (Å²) in [5.41, 5.74) is 7.43. The number of halogens is 3. The van der Waals surface area contributed by atoms with Crippen molar-refractivity contribution in [2.45, 2.75) is 13.0 Å². The van der Waals surface area contributed by atoms with E-state index in [1.807, 2.05) is 13.0 Å². The van der Waals surface area contributed by atoms with E-state index in [0.29, 0.717) is 5.56 Å². The summed E-state index contributed by atoms with van der Waals surface area (Å²) in [4.78, 5) is 1.07. The second-order valence-electron chi connectivity index (χ2n) is 3.68. The minimum atomic E-state index is -0.490. The largest absolute Gasteiger partial charge is 0.320 e. The maximum atomic E-state index is 13.9. The van der Waals surface area contributed by atoms with Crippen molar-refractivity contribution in [2.24, 2.45) is 5.73 Å². The molecule has 2 aromatic rings. The summed E-state index contributed by atoms with van der Waals surface area (Å²) in [6.07, 6.45) is 0. The van der Waals surface area contributed by atoms with Gasteiger partial charge in [0, 0.05) is 10.4 Å². The first kappa shape index (κ1) is 13.0. The zero-order valence-electron chi connectivity index (χ0n) is 9.01. The van der Waals surface area contributed by atoms with Crippen molar-refractivity contribution < 1.29 is 4.39 Å². The number of rotatable bonds is 2. The Labute approximate surface area is 117 Å². The van der Waals surface area contributed by atoms with E-state index in [9.17, 15) is 4.39 Å². The molecule has 17 heavy (non-hydrogen) atoms. The summed E-state index contributed by atoms with van der Waals surface area (Å²) >= 11 is 10.7. The maximum Gasteiger partial charge on any atom is 0.146 e. The van der Waals surface area contributed by atoms with E-state index >= 15 is 0 Å². The standard InChI is InChI=1S/C12H10BrClFNS/c1-6-8(5-10(13)17-6)12(16)7-3-2-4-9(14)11(7)15/h2-5,12H,16H2,1H3. The minimum absolute atomic E-state index is 0.102. The molecule has 1 atom stereocenters. The fraction of sp³-hybridized carbons (Fsp3) is 0.167. The molecule has 0 saturated carbocycles. The quantitative estimate of drug-likeness (QED) is 0.849. The first-order valence-electron chi connectivity index (χ1n) is 4.96. The molecule has 0 fully saturated rings. The van der Waals surface area contributed by atoms with Crippen molar-refractivity contribution in [3.8, 4) is 0 Å². The zero-order valence-corrected chi connectivity index (χ0v) is 12.2. The number of thiophene rings is 1. The molecule has 0 radical (unpaired) electrons. The second kappa shape index (κ2) is 5.06. The molecule has 5 heteroatoms. The molecular formula is C12H10BrClFNS. The van der Waals surface area contributed by atoms with E-state index in [1.165, 1.54) is 6.07 Å². The van der Waals surface area contributed by atoms with Gasteiger partial charge in [0.15, 0.2) is 0 Å². The van der Waals surface area contributed by atoms with Gasteiger partial charge in [0.2, 0.25) is 0 Å². The lowest BCUT2D eigenvalue weighted by Crippen LogP contribution is -2.13. The Kier molecular flexibility index (Phi) is 3.88. The Morgan fingerprint density at radius 1 is 1.41 bits per heavy atom. The highest BCUT2D eigenvalue weighted by atomic mass is 79.9. The van der Waals surface area contributed by atoms with Gasteiger partial charge in [-0.25, -0.2) is 4.39 Å². The highest BCUT2D eigenvalue weighted by Gasteiger charge is 2.18. The van der Waals surface area contributed by atoms with Crippen molar-refractivity contribution in [3.05, 3.63) is 54.9 Å². The zero-order chi connectivity index (χ0) is 12.6. The van der Waals surface area contributed by atoms with Crippen molar-refractivity contribution in [1.29, 1.82) is 0 Å². The summed E-state index contributed by atoms with van der Waals surface area (Å²) in [6, 6.07) is 6.32. The molecule has 1 aromatic heterocycles. The van der Waals surface area contributed by atoms with Crippen molar-refractivity contribution in [1.82, 2.24) is 0 Å². The first-order valence-corrected chi connectivity index (χ1v) is 6.94. The normalized spacial score (nSPS) is 12.8. The van der Waals surface area contributed by atoms with Gasteiger partial charge in [0.25, 0.3) is 0 Å². The molecule has 0 aliphatic rings. The van der Waals surface area contributed by atoms with Gasteiger partial charge in [0.1, 0.15) is 5.82 Å². The van der Waals surface area contributed by atoms with Crippen LogP contribution in [0.25, 0.3) is 0 Å². The summed E-state index contributed by atoms with van der Waals surface area (Å²) in [5, 5.41) is 0.102. The van der Waals surface area contributed by atoms with E-state index in [0.717, 1.165) is 14.2 Å². The topological polar surface area (TPSA) is 26.0 Å². The average molecular weight is 335 g/mol. The Bertz CT molecular complexity index is 555. The lowest BCUT2D eigenvalue weighted by Gasteiger charge is -2.13. The third-order valence-corrected chi connectivity index (χ3v) is 4.44. The summed E-state index contributed by atoms with van der Waals surface area (Å²) in [6.45, 7) is 1.97. The lowest BCUT2D eigenvalue weighted by atomic mass is 10.00. The van der Waals surface area contributed by atoms with Crippen LogP contribution in [0.2, 0.25) is 5.02 Å². The van der Waals surface area contributed by atoms with E-state index in [1.54, 1.807) is 23.5 Å². The van der Waals surface area contributed by atoms with E-state index in [-0.39, 0.29) is 5.02 Å². The summed E-state index contributed by atoms with van der Waals surface area (Å²) < 4.78 is 14.8. The molecular weight excluding hydrogens is 325 g/mol. The van der Waals surface area contributed by atoms with Crippen molar-refractivity contribution in [3.63, 3.8) is 0 Å². The molecule has 1 unspecified atom stereocenters. The van der Waals surface area contributed by atoms with Crippen LogP contribution in [-0.2, 0) is 0 Å². The highest BCUT2D eigenvalue weighted by Crippen LogP contribution is 2.34. The third-order valence-electron chi connectivity index (χ3n) is 2.58. The third kappa shape index (κ3) is 2.55. The van der Waals surface area contributed by atoms with Crippen LogP contribution < -0.4 is 5.73 Å². The van der Waals surface area contributed by atoms with Gasteiger partial charge in [-0.15, -0.1) is 11.3 Å². The molecule has 1 aromatic carbocycles. The Morgan fingerprint density at radius 2 is 2.12 bits per heavy atom. The molecule has 0 amide bonds. The summed E-state index contributed by atoms with van der Waals surface area (Å²) in [7, 11) is 0. The van der Waals surface area contributed by atoms with Crippen molar-refractivity contribution in [2.75, 3.05) is 0 Å². The summed E-state index contributed by atoms with van der Waals surface area (Å²) in [5.74, 6) is -0.441. The molecule has 1 nitrogen and oxygen atoms in total. The number of hydrogen-bond acceptors (Lipinski definition) is 2. The van der Waals surface area contributed by atoms with Gasteiger partial charge >= 0.3 is 0 Å². The molecule has 90 valence electrons. The average Bonchev–Trinajstić information content (AvgIpc) is 2.61. The molecule has 1 heterocycles. The number of aryl methyl sites for hydroxylation is 1. The van der Waals surface area contributed by atoms with Gasteiger partial charge < -0.3 is 5.73 Å². The highest BCUT2D eigenvalue weighted by molar-refractivity contribution is 9.11. The van der Waals surface area contributed by atoms with Gasteiger partial charge in [-0.3, -0.25) is 0 Å². The van der Waals surface area contributed by atoms with Crippen LogP contribution in [0.15, 0.2) is 28.1 Å². The van der Waals surface area contributed by atoms with Gasteiger partial charge in [0.05, 0.1) is 14.9 Å². The van der Waals surface area contributed by atoms with Crippen LogP contribution in [0, 0.1) is 12.7 Å². The second-order valence-corrected chi connectivity index (χ2v) is 6.73. The lowest BCUT2D eigenvalue weighted by molar-refractivity contribution is 0.600. The number of benzene rings is 1. The van der Waals surface area contributed by atoms with Crippen LogP contribution in [0.5, 0.6) is 0 Å². The van der Waals surface area contributed by atoms with Crippen LogP contribution in [0.1, 0.15) is 22.0 Å². The fourth-order valence-electron chi connectivity index (χ4n) is 1.70. The molecule has 0 bridgehead atoms. The van der Waals surface area contributed by atoms with Crippen LogP contribution >= 0.6 is 38.9 Å². The maximum absolute atomic E-state index is 13.9. The smallest absolute Gasteiger partial charge is 0.146 e. The number of hydrogen-bond donors (Lipinski definition) is 1. The monoisotopic (exact) mass is 333 g/mol. The SMILES string of the molecule is Cc1sc(Br)cc1C(N)c1cccc(Cl)c1F. The Morgan fingerprint density at radius 3 is 2.71 bits per heavy atom. The molecule has 0 aliphatic carbocycles. The van der Waals surface area contributed by atoms with Crippen molar-refractivity contribution >= 4 is 38.9 Å². The number of nitrogens with two attached hydrogens (primary N) is 1. The molecule has 0 saturated heterocycles. The van der Waals surface area contributed by atoms with Crippen LogP contribution in [-0.4, -0.2) is 0 Å². The van der Waals surface area contributed by atoms with Gasteiger partial charge in [-0.2, -0.15) is 0 Å². The van der Waals surface area contributed by atoms with Gasteiger partial charge in [-0.05, 0) is 40.5 Å². The fourth-order valence-corrected chi connectivity index (χ4v) is 3.63. The van der Waals surface area contributed by atoms with E-state index in [4.69, 9.17) is 17.3 Å².